The summed E-state index contributed by atoms with van der Waals surface area (Å²) >= 11 is 3.22. The van der Waals surface area contributed by atoms with Gasteiger partial charge in [0.15, 0.2) is 0 Å². The van der Waals surface area contributed by atoms with Crippen LogP contribution >= 0.6 is 15.9 Å². The maximum atomic E-state index is 13.5. The van der Waals surface area contributed by atoms with Crippen LogP contribution < -0.4 is 0 Å². The molecule has 0 saturated heterocycles. The van der Waals surface area contributed by atoms with Gasteiger partial charge in [0.2, 0.25) is 0 Å². The number of halogens is 2. The lowest BCUT2D eigenvalue weighted by molar-refractivity contribution is -0.148. The molecule has 2 nitrogen and oxygen atoms in total. The van der Waals surface area contributed by atoms with E-state index in [9.17, 15) is 9.18 Å². The summed E-state index contributed by atoms with van der Waals surface area (Å²) < 4.78 is 18.6. The molecule has 98 valence electrons. The predicted octanol–water partition coefficient (Wildman–Crippen LogP) is 4.08. The van der Waals surface area contributed by atoms with E-state index in [0.717, 1.165) is 0 Å². The second-order valence-corrected chi connectivity index (χ2v) is 5.37. The van der Waals surface area contributed by atoms with Gasteiger partial charge in [-0.15, -0.1) is 0 Å². The standard InChI is InChI=1S/C14H16BrFO2/c1-14(2,3)18-13(17)8-7-10-5-4-6-12(16)11(10)9-15/h4-8H,9H2,1-3H3/b8-7+. The number of alkyl halides is 1. The van der Waals surface area contributed by atoms with Crippen molar-refractivity contribution in [2.45, 2.75) is 31.7 Å². The normalized spacial score (nSPS) is 11.8. The molecule has 0 aliphatic rings. The van der Waals surface area contributed by atoms with Crippen molar-refractivity contribution in [1.82, 2.24) is 0 Å². The molecular weight excluding hydrogens is 299 g/mol. The largest absolute Gasteiger partial charge is 0.457 e. The smallest absolute Gasteiger partial charge is 0.331 e. The molecule has 0 aromatic heterocycles. The molecule has 0 fully saturated rings. The number of esters is 1. The molecule has 0 amide bonds. The topological polar surface area (TPSA) is 26.3 Å². The first-order valence-corrected chi connectivity index (χ1v) is 6.70. The van der Waals surface area contributed by atoms with Gasteiger partial charge in [0, 0.05) is 17.0 Å². The Hall–Kier alpha value is -1.16. The summed E-state index contributed by atoms with van der Waals surface area (Å²) in [6.45, 7) is 5.39. The van der Waals surface area contributed by atoms with E-state index in [1.807, 2.05) is 0 Å². The van der Waals surface area contributed by atoms with E-state index in [4.69, 9.17) is 4.74 Å². The average molecular weight is 315 g/mol. The van der Waals surface area contributed by atoms with Crippen molar-refractivity contribution in [3.63, 3.8) is 0 Å². The third kappa shape index (κ3) is 4.61. The number of carbonyl (C=O) groups excluding carboxylic acids is 1. The number of benzene rings is 1. The molecule has 0 spiro atoms. The summed E-state index contributed by atoms with van der Waals surface area (Å²) in [4.78, 5) is 11.5. The van der Waals surface area contributed by atoms with Crippen LogP contribution in [0.3, 0.4) is 0 Å². The number of carbonyl (C=O) groups is 1. The second-order valence-electron chi connectivity index (χ2n) is 4.81. The Labute approximate surface area is 115 Å². The minimum Gasteiger partial charge on any atom is -0.457 e. The van der Waals surface area contributed by atoms with Crippen LogP contribution in [0, 0.1) is 5.82 Å². The molecule has 0 radical (unpaired) electrons. The summed E-state index contributed by atoms with van der Waals surface area (Å²) in [5, 5.41) is 0.396. The van der Waals surface area contributed by atoms with Gasteiger partial charge in [-0.2, -0.15) is 0 Å². The summed E-state index contributed by atoms with van der Waals surface area (Å²) in [7, 11) is 0. The molecule has 0 unspecified atom stereocenters. The zero-order valence-electron chi connectivity index (χ0n) is 10.7. The quantitative estimate of drug-likeness (QED) is 0.477. The minimum absolute atomic E-state index is 0.293. The van der Waals surface area contributed by atoms with Crippen LogP contribution in [0.2, 0.25) is 0 Å². The zero-order valence-corrected chi connectivity index (χ0v) is 12.3. The number of hydrogen-bond acceptors (Lipinski definition) is 2. The van der Waals surface area contributed by atoms with Gasteiger partial charge >= 0.3 is 5.97 Å². The maximum Gasteiger partial charge on any atom is 0.331 e. The Kier molecular flexibility index (Phi) is 5.08. The molecule has 0 saturated carbocycles. The molecule has 4 heteroatoms. The van der Waals surface area contributed by atoms with Gasteiger partial charge in [0.25, 0.3) is 0 Å². The van der Waals surface area contributed by atoms with Gasteiger partial charge in [-0.1, -0.05) is 28.1 Å². The third-order valence-corrected chi connectivity index (χ3v) is 2.66. The summed E-state index contributed by atoms with van der Waals surface area (Å²) in [6.07, 6.45) is 2.87. The molecule has 0 heterocycles. The average Bonchev–Trinajstić information content (AvgIpc) is 2.24. The Bertz CT molecular complexity index is 461. The lowest BCUT2D eigenvalue weighted by Gasteiger charge is -2.17. The fourth-order valence-electron chi connectivity index (χ4n) is 1.37. The van der Waals surface area contributed by atoms with E-state index >= 15 is 0 Å². The van der Waals surface area contributed by atoms with Crippen LogP contribution in [0.25, 0.3) is 6.08 Å². The van der Waals surface area contributed by atoms with Crippen LogP contribution in [-0.2, 0) is 14.9 Å². The van der Waals surface area contributed by atoms with E-state index in [-0.39, 0.29) is 5.82 Å². The van der Waals surface area contributed by atoms with Crippen LogP contribution in [0.4, 0.5) is 4.39 Å². The molecule has 18 heavy (non-hydrogen) atoms. The SMILES string of the molecule is CC(C)(C)OC(=O)/C=C/c1cccc(F)c1CBr. The van der Waals surface area contributed by atoms with E-state index in [1.54, 1.807) is 39.0 Å². The van der Waals surface area contributed by atoms with Crippen molar-refractivity contribution in [2.75, 3.05) is 0 Å². The number of ether oxygens (including phenoxy) is 1. The lowest BCUT2D eigenvalue weighted by Crippen LogP contribution is -2.22. The minimum atomic E-state index is -0.526. The van der Waals surface area contributed by atoms with Crippen LogP contribution in [0.1, 0.15) is 31.9 Å². The van der Waals surface area contributed by atoms with Crippen molar-refractivity contribution < 1.29 is 13.9 Å². The Morgan fingerprint density at radius 2 is 2.11 bits per heavy atom. The highest BCUT2D eigenvalue weighted by atomic mass is 79.9. The molecule has 0 aliphatic carbocycles. The summed E-state index contributed by atoms with van der Waals surface area (Å²) in [5.74, 6) is -0.731. The molecule has 1 aromatic carbocycles. The first-order chi connectivity index (χ1) is 8.33. The number of hydrogen-bond donors (Lipinski definition) is 0. The van der Waals surface area contributed by atoms with Gasteiger partial charge in [-0.25, -0.2) is 9.18 Å². The van der Waals surface area contributed by atoms with Crippen LogP contribution in [0.5, 0.6) is 0 Å². The number of rotatable bonds is 3. The highest BCUT2D eigenvalue weighted by Crippen LogP contribution is 2.18. The molecular formula is C14H16BrFO2. The first kappa shape index (κ1) is 14.9. The highest BCUT2D eigenvalue weighted by molar-refractivity contribution is 9.08. The highest BCUT2D eigenvalue weighted by Gasteiger charge is 2.14. The van der Waals surface area contributed by atoms with E-state index in [0.29, 0.717) is 16.5 Å². The van der Waals surface area contributed by atoms with Crippen molar-refractivity contribution in [3.8, 4) is 0 Å². The lowest BCUT2D eigenvalue weighted by atomic mass is 10.1. The van der Waals surface area contributed by atoms with Crippen molar-refractivity contribution in [2.24, 2.45) is 0 Å². The third-order valence-electron chi connectivity index (χ3n) is 2.09. The van der Waals surface area contributed by atoms with Crippen molar-refractivity contribution >= 4 is 28.0 Å². The molecule has 1 aromatic rings. The van der Waals surface area contributed by atoms with Gasteiger partial charge < -0.3 is 4.74 Å². The fourth-order valence-corrected chi connectivity index (χ4v) is 1.96. The molecule has 1 rings (SSSR count). The second kappa shape index (κ2) is 6.14. The molecule has 0 bridgehead atoms. The summed E-state index contributed by atoms with van der Waals surface area (Å²) in [5.41, 5.74) is 0.664. The zero-order chi connectivity index (χ0) is 13.8. The van der Waals surface area contributed by atoms with Gasteiger partial charge in [-0.05, 0) is 38.5 Å². The monoisotopic (exact) mass is 314 g/mol. The van der Waals surface area contributed by atoms with E-state index in [2.05, 4.69) is 15.9 Å². The molecule has 0 N–H and O–H groups in total. The molecule has 0 aliphatic heterocycles. The fraction of sp³-hybridized carbons (Fsp3) is 0.357. The Morgan fingerprint density at radius 3 is 2.67 bits per heavy atom. The van der Waals surface area contributed by atoms with Crippen LogP contribution in [0.15, 0.2) is 24.3 Å². The Balaban J connectivity index is 2.85. The van der Waals surface area contributed by atoms with Crippen LogP contribution in [-0.4, -0.2) is 11.6 Å². The van der Waals surface area contributed by atoms with Crippen molar-refractivity contribution in [3.05, 3.63) is 41.2 Å². The van der Waals surface area contributed by atoms with Gasteiger partial charge in [-0.3, -0.25) is 0 Å². The van der Waals surface area contributed by atoms with E-state index < -0.39 is 11.6 Å². The predicted molar refractivity (Wildman–Crippen MR) is 73.9 cm³/mol. The van der Waals surface area contributed by atoms with Gasteiger partial charge in [0.05, 0.1) is 0 Å². The van der Waals surface area contributed by atoms with Gasteiger partial charge in [0.1, 0.15) is 11.4 Å². The Morgan fingerprint density at radius 1 is 1.44 bits per heavy atom. The van der Waals surface area contributed by atoms with E-state index in [1.165, 1.54) is 12.1 Å². The summed E-state index contributed by atoms with van der Waals surface area (Å²) in [6, 6.07) is 4.75. The van der Waals surface area contributed by atoms with Crippen molar-refractivity contribution in [1.29, 1.82) is 0 Å². The molecule has 0 atom stereocenters. The maximum absolute atomic E-state index is 13.5. The first-order valence-electron chi connectivity index (χ1n) is 5.58.